The number of Topliss-reactive ketones (excluding diaryl/α,β-unsaturated/α-hetero) is 1. The van der Waals surface area contributed by atoms with Crippen molar-refractivity contribution in [2.45, 2.75) is 29.5 Å². The number of nitrogens with zero attached hydrogens (tertiary/aromatic N) is 4. The van der Waals surface area contributed by atoms with Crippen molar-refractivity contribution in [2.24, 2.45) is 5.73 Å². The molecular weight excluding hydrogens is 545 g/mol. The SMILES string of the molecule is N#CC1=C(N)N(c2nnc(SCC(=O)Nc3ccc(C(=O)O)cc3)s2)C2=C(C(=O)CCC2)C1c1cccs1. The molecular formula is C25H20N6O4S3. The number of carbonyl (C=O) groups excluding carboxylic acids is 2. The van der Waals surface area contributed by atoms with E-state index in [1.807, 2.05) is 17.5 Å². The zero-order chi connectivity index (χ0) is 26.8. The Kier molecular flexibility index (Phi) is 7.28. The van der Waals surface area contributed by atoms with Gasteiger partial charge in [-0.2, -0.15) is 5.26 Å². The molecule has 10 nitrogen and oxygen atoms in total. The molecule has 3 heterocycles. The number of carboxylic acid groups (broad SMARTS) is 1. The molecule has 38 heavy (non-hydrogen) atoms. The molecule has 1 aromatic carbocycles. The Labute approximate surface area is 229 Å². The van der Waals surface area contributed by atoms with Gasteiger partial charge in [-0.15, -0.1) is 21.5 Å². The van der Waals surface area contributed by atoms with Gasteiger partial charge in [0.15, 0.2) is 10.1 Å². The van der Waals surface area contributed by atoms with Crippen LogP contribution in [0.4, 0.5) is 10.8 Å². The van der Waals surface area contributed by atoms with E-state index in [0.29, 0.717) is 45.6 Å². The number of nitrogens with one attached hydrogen (secondary N) is 1. The second-order valence-electron chi connectivity index (χ2n) is 8.40. The molecule has 3 aromatic rings. The number of thiophene rings is 1. The van der Waals surface area contributed by atoms with Gasteiger partial charge in [0.25, 0.3) is 0 Å². The Bertz CT molecular complexity index is 1520. The quantitative estimate of drug-likeness (QED) is 0.352. The first kappa shape index (κ1) is 25.7. The van der Waals surface area contributed by atoms with E-state index in [2.05, 4.69) is 21.6 Å². The minimum absolute atomic E-state index is 0.00192. The third-order valence-electron chi connectivity index (χ3n) is 6.07. The van der Waals surface area contributed by atoms with Gasteiger partial charge in [0.1, 0.15) is 5.82 Å². The predicted molar refractivity (Wildman–Crippen MR) is 145 cm³/mol. The van der Waals surface area contributed by atoms with Crippen molar-refractivity contribution in [1.29, 1.82) is 5.26 Å². The summed E-state index contributed by atoms with van der Waals surface area (Å²) < 4.78 is 0.521. The fourth-order valence-electron chi connectivity index (χ4n) is 4.42. The minimum Gasteiger partial charge on any atom is -0.478 e. The monoisotopic (exact) mass is 564 g/mol. The number of carboxylic acids is 1. The number of benzene rings is 1. The average Bonchev–Trinajstić information content (AvgIpc) is 3.60. The van der Waals surface area contributed by atoms with E-state index in [0.717, 1.165) is 10.6 Å². The molecule has 4 N–H and O–H groups in total. The third-order valence-corrected chi connectivity index (χ3v) is 9.05. The number of hydrogen-bond donors (Lipinski definition) is 3. The summed E-state index contributed by atoms with van der Waals surface area (Å²) in [6.45, 7) is 0. The van der Waals surface area contributed by atoms with Crippen molar-refractivity contribution in [2.75, 3.05) is 16.0 Å². The molecule has 1 amide bonds. The number of nitrogens with two attached hydrogens (primary N) is 1. The Morgan fingerprint density at radius 3 is 2.71 bits per heavy atom. The summed E-state index contributed by atoms with van der Waals surface area (Å²) in [4.78, 5) is 39.0. The highest BCUT2D eigenvalue weighted by Gasteiger charge is 2.41. The van der Waals surface area contributed by atoms with Gasteiger partial charge < -0.3 is 16.2 Å². The first-order valence-corrected chi connectivity index (χ1v) is 14.1. The van der Waals surface area contributed by atoms with Gasteiger partial charge in [-0.25, -0.2) is 4.79 Å². The van der Waals surface area contributed by atoms with Gasteiger partial charge in [-0.1, -0.05) is 29.2 Å². The van der Waals surface area contributed by atoms with Crippen LogP contribution in [-0.2, 0) is 9.59 Å². The van der Waals surface area contributed by atoms with Crippen LogP contribution in [0.15, 0.2) is 68.8 Å². The molecule has 192 valence electrons. The molecule has 1 unspecified atom stereocenters. The summed E-state index contributed by atoms with van der Waals surface area (Å²) in [6, 6.07) is 11.9. The van der Waals surface area contributed by atoms with Crippen LogP contribution >= 0.6 is 34.4 Å². The molecule has 2 aliphatic rings. The molecule has 0 saturated carbocycles. The van der Waals surface area contributed by atoms with Crippen molar-refractivity contribution in [1.82, 2.24) is 10.2 Å². The zero-order valence-electron chi connectivity index (χ0n) is 19.7. The van der Waals surface area contributed by atoms with E-state index in [4.69, 9.17) is 10.8 Å². The molecule has 1 atom stereocenters. The maximum atomic E-state index is 13.1. The number of ketones is 1. The Balaban J connectivity index is 1.35. The van der Waals surface area contributed by atoms with E-state index < -0.39 is 11.9 Å². The van der Waals surface area contributed by atoms with Gasteiger partial charge in [-0.05, 0) is 48.6 Å². The normalized spacial score (nSPS) is 17.3. The van der Waals surface area contributed by atoms with Gasteiger partial charge in [0, 0.05) is 28.3 Å². The van der Waals surface area contributed by atoms with Gasteiger partial charge >= 0.3 is 5.97 Å². The summed E-state index contributed by atoms with van der Waals surface area (Å²) in [7, 11) is 0. The maximum absolute atomic E-state index is 13.1. The molecule has 0 radical (unpaired) electrons. The van der Waals surface area contributed by atoms with E-state index >= 15 is 0 Å². The average molecular weight is 565 g/mol. The second-order valence-corrected chi connectivity index (χ2v) is 11.6. The van der Waals surface area contributed by atoms with Crippen LogP contribution in [0.1, 0.15) is 40.4 Å². The smallest absolute Gasteiger partial charge is 0.335 e. The predicted octanol–water partition coefficient (Wildman–Crippen LogP) is 4.33. The molecule has 2 aromatic heterocycles. The number of rotatable bonds is 7. The molecule has 1 aliphatic heterocycles. The molecule has 5 rings (SSSR count). The lowest BCUT2D eigenvalue weighted by molar-refractivity contribution is -0.116. The minimum atomic E-state index is -1.04. The summed E-state index contributed by atoms with van der Waals surface area (Å²) in [5.74, 6) is -1.54. The van der Waals surface area contributed by atoms with E-state index in [-0.39, 0.29) is 28.8 Å². The third kappa shape index (κ3) is 4.93. The standard InChI is InChI=1S/C25H20N6O4S3/c26-11-15-20(18-5-2-10-36-18)21-16(3-1-4-17(21)32)31(22(15)27)24-29-30-25(38-24)37-12-19(33)28-14-8-6-13(7-9-14)23(34)35/h2,5-10,20H,1,3-4,12,27H2,(H,28,33)(H,34,35). The highest BCUT2D eigenvalue weighted by Crippen LogP contribution is 2.47. The number of amides is 1. The molecule has 1 aliphatic carbocycles. The topological polar surface area (TPSA) is 162 Å². The molecule has 0 fully saturated rings. The number of aromatic carboxylic acids is 1. The Hall–Kier alpha value is -3.99. The van der Waals surface area contributed by atoms with Crippen molar-refractivity contribution >= 4 is 62.9 Å². The van der Waals surface area contributed by atoms with Crippen molar-refractivity contribution in [3.8, 4) is 6.07 Å². The van der Waals surface area contributed by atoms with Crippen LogP contribution in [0.2, 0.25) is 0 Å². The number of aromatic nitrogens is 2. The van der Waals surface area contributed by atoms with Gasteiger partial charge in [0.05, 0.1) is 28.9 Å². The Morgan fingerprint density at radius 1 is 1.24 bits per heavy atom. The van der Waals surface area contributed by atoms with Crippen LogP contribution in [0, 0.1) is 11.3 Å². The largest absolute Gasteiger partial charge is 0.478 e. The number of thioether (sulfide) groups is 1. The fourth-order valence-corrected chi connectivity index (χ4v) is 6.94. The van der Waals surface area contributed by atoms with E-state index in [1.54, 1.807) is 4.90 Å². The highest BCUT2D eigenvalue weighted by atomic mass is 32.2. The number of allylic oxidation sites excluding steroid dienone is 3. The van der Waals surface area contributed by atoms with Gasteiger partial charge in [-0.3, -0.25) is 14.5 Å². The summed E-state index contributed by atoms with van der Waals surface area (Å²) >= 11 is 3.89. The van der Waals surface area contributed by atoms with Crippen LogP contribution in [0.25, 0.3) is 0 Å². The highest BCUT2D eigenvalue weighted by molar-refractivity contribution is 8.01. The van der Waals surface area contributed by atoms with Gasteiger partial charge in [0.2, 0.25) is 11.0 Å². The summed E-state index contributed by atoms with van der Waals surface area (Å²) in [6.07, 6.45) is 1.71. The first-order valence-electron chi connectivity index (χ1n) is 11.5. The van der Waals surface area contributed by atoms with Crippen molar-refractivity contribution in [3.63, 3.8) is 0 Å². The van der Waals surface area contributed by atoms with E-state index in [1.165, 1.54) is 58.7 Å². The van der Waals surface area contributed by atoms with Crippen molar-refractivity contribution in [3.05, 3.63) is 74.9 Å². The lowest BCUT2D eigenvalue weighted by Crippen LogP contribution is -2.38. The zero-order valence-corrected chi connectivity index (χ0v) is 22.2. The van der Waals surface area contributed by atoms with Crippen LogP contribution < -0.4 is 16.0 Å². The first-order chi connectivity index (χ1) is 18.4. The Morgan fingerprint density at radius 2 is 2.03 bits per heavy atom. The second kappa shape index (κ2) is 10.8. The number of carbonyl (C=O) groups is 3. The number of nitriles is 1. The summed E-state index contributed by atoms with van der Waals surface area (Å²) in [5.41, 5.74) is 8.78. The van der Waals surface area contributed by atoms with Crippen molar-refractivity contribution < 1.29 is 19.5 Å². The van der Waals surface area contributed by atoms with Crippen LogP contribution in [0.3, 0.4) is 0 Å². The fraction of sp³-hybridized carbons (Fsp3) is 0.200. The maximum Gasteiger partial charge on any atom is 0.335 e. The van der Waals surface area contributed by atoms with E-state index in [9.17, 15) is 19.6 Å². The van der Waals surface area contributed by atoms with Crippen LogP contribution in [0.5, 0.6) is 0 Å². The molecule has 0 spiro atoms. The summed E-state index contributed by atoms with van der Waals surface area (Å²) in [5, 5.41) is 32.5. The van der Waals surface area contributed by atoms with Crippen LogP contribution in [-0.4, -0.2) is 38.7 Å². The lowest BCUT2D eigenvalue weighted by atomic mass is 9.78. The molecule has 0 saturated heterocycles. The molecule has 0 bridgehead atoms. The number of anilines is 2. The number of hydrogen-bond acceptors (Lipinski definition) is 11. The lowest BCUT2D eigenvalue weighted by Gasteiger charge is -2.37. The molecule has 13 heteroatoms.